The van der Waals surface area contributed by atoms with E-state index in [1.807, 2.05) is 0 Å². The molecule has 220 valence electrons. The molecule has 2 fully saturated rings. The van der Waals surface area contributed by atoms with Crippen molar-refractivity contribution in [2.24, 2.45) is 29.1 Å². The molecule has 2 saturated carbocycles. The zero-order valence-corrected chi connectivity index (χ0v) is 26.6. The van der Waals surface area contributed by atoms with E-state index in [1.54, 1.807) is 13.8 Å². The van der Waals surface area contributed by atoms with Gasteiger partial charge in [0.1, 0.15) is 11.4 Å². The molecule has 3 aliphatic rings. The summed E-state index contributed by atoms with van der Waals surface area (Å²) >= 11 is 0. The largest absolute Gasteiger partial charge is 0.543 e. The number of carbonyl (C=O) groups is 2. The Kier molecular flexibility index (Phi) is 8.30. The maximum Gasteiger partial charge on any atom is 0.320 e. The van der Waals surface area contributed by atoms with Gasteiger partial charge in [-0.25, -0.2) is 0 Å². The Morgan fingerprint density at radius 3 is 2.30 bits per heavy atom. The van der Waals surface area contributed by atoms with Gasteiger partial charge in [-0.05, 0) is 111 Å². The van der Waals surface area contributed by atoms with Crippen molar-refractivity contribution in [3.8, 4) is 18.1 Å². The molecule has 7 heteroatoms. The molecular formula is C33H48O6Si. The number of esters is 2. The number of hydrogen-bond donors (Lipinski definition) is 1. The first kappa shape index (κ1) is 30.7. The van der Waals surface area contributed by atoms with E-state index in [0.29, 0.717) is 12.8 Å². The summed E-state index contributed by atoms with van der Waals surface area (Å²) < 4.78 is 17.6. The minimum absolute atomic E-state index is 0.0143. The highest BCUT2D eigenvalue weighted by Gasteiger charge is 2.64. The lowest BCUT2D eigenvalue weighted by atomic mass is 9.49. The van der Waals surface area contributed by atoms with Crippen molar-refractivity contribution in [3.05, 3.63) is 29.3 Å². The van der Waals surface area contributed by atoms with Crippen LogP contribution in [0, 0.1) is 41.4 Å². The molecule has 0 heterocycles. The predicted octanol–water partition coefficient (Wildman–Crippen LogP) is 6.26. The molecule has 0 saturated heterocycles. The topological polar surface area (TPSA) is 82.1 Å². The summed E-state index contributed by atoms with van der Waals surface area (Å²) in [5, 5.41) is 11.6. The standard InChI is InChI=1S/C33H48O6Si/c1-10-33(36)18-16-26-27-24(15-17-32(26,33)7)23-14-13-22(39-40(8,9)31(4,5)6)19-21(23)20-25(27)28(29(34)37-11-2)30(35)38-12-3/h1,13-14,19,24-28,36H,11-12,15-18,20H2,2-9H3/t24-,25-,26+,27+,32+,33+/m1/s1. The van der Waals surface area contributed by atoms with E-state index in [9.17, 15) is 14.7 Å². The fourth-order valence-corrected chi connectivity index (χ4v) is 8.70. The molecule has 40 heavy (non-hydrogen) atoms. The molecule has 1 aromatic rings. The van der Waals surface area contributed by atoms with Gasteiger partial charge in [-0.3, -0.25) is 9.59 Å². The van der Waals surface area contributed by atoms with Crippen LogP contribution in [0.5, 0.6) is 5.75 Å². The lowest BCUT2D eigenvalue weighted by Gasteiger charge is -2.55. The van der Waals surface area contributed by atoms with E-state index >= 15 is 0 Å². The molecule has 0 aliphatic heterocycles. The average Bonchev–Trinajstić information content (AvgIpc) is 3.14. The van der Waals surface area contributed by atoms with Crippen molar-refractivity contribution in [2.45, 2.75) is 103 Å². The number of hydrogen-bond acceptors (Lipinski definition) is 6. The third-order valence-corrected chi connectivity index (χ3v) is 15.2. The Balaban J connectivity index is 1.83. The minimum atomic E-state index is -2.06. The Morgan fingerprint density at radius 2 is 1.75 bits per heavy atom. The number of fused-ring (bicyclic) bond motifs is 5. The lowest BCUT2D eigenvalue weighted by molar-refractivity contribution is -0.168. The first-order chi connectivity index (χ1) is 18.6. The molecule has 6 nitrogen and oxygen atoms in total. The van der Waals surface area contributed by atoms with Crippen molar-refractivity contribution >= 4 is 20.3 Å². The summed E-state index contributed by atoms with van der Waals surface area (Å²) in [6, 6.07) is 6.41. The lowest BCUT2D eigenvalue weighted by Crippen LogP contribution is -2.54. The molecule has 0 radical (unpaired) electrons. The molecule has 0 unspecified atom stereocenters. The van der Waals surface area contributed by atoms with Crippen LogP contribution in [0.2, 0.25) is 18.1 Å². The van der Waals surface area contributed by atoms with Gasteiger partial charge in [0.2, 0.25) is 8.32 Å². The Labute approximate surface area is 241 Å². The van der Waals surface area contributed by atoms with Crippen LogP contribution in [0.25, 0.3) is 0 Å². The predicted molar refractivity (Wildman–Crippen MR) is 158 cm³/mol. The van der Waals surface area contributed by atoms with E-state index < -0.39 is 37.2 Å². The summed E-state index contributed by atoms with van der Waals surface area (Å²) in [6.45, 7) is 17.1. The SMILES string of the molecule is C#C[C@]1(O)CC[C@H]2[C@H]3[C@H](CC[C@@]21C)c1ccc(O[Si](C)(C)C(C)(C)C)cc1C[C@H]3C(C(=O)OCC)C(=O)OCC. The molecular weight excluding hydrogens is 520 g/mol. The van der Waals surface area contributed by atoms with Crippen LogP contribution in [-0.2, 0) is 25.5 Å². The molecule has 0 bridgehead atoms. The quantitative estimate of drug-likeness (QED) is 0.181. The summed E-state index contributed by atoms with van der Waals surface area (Å²) in [4.78, 5) is 26.9. The summed E-state index contributed by atoms with van der Waals surface area (Å²) in [5.41, 5.74) is 0.693. The molecule has 6 atom stereocenters. The van der Waals surface area contributed by atoms with Gasteiger partial charge in [0, 0.05) is 5.41 Å². The number of ether oxygens (including phenoxy) is 2. The normalized spacial score (nSPS) is 31.4. The molecule has 1 N–H and O–H groups in total. The van der Waals surface area contributed by atoms with Crippen LogP contribution in [-0.4, -0.2) is 44.2 Å². The van der Waals surface area contributed by atoms with Gasteiger partial charge >= 0.3 is 11.9 Å². The molecule has 0 spiro atoms. The van der Waals surface area contributed by atoms with Gasteiger partial charge in [-0.1, -0.05) is 39.7 Å². The highest BCUT2D eigenvalue weighted by Crippen LogP contribution is 2.66. The number of aliphatic hydroxyl groups is 1. The van der Waals surface area contributed by atoms with Crippen LogP contribution >= 0.6 is 0 Å². The zero-order chi connectivity index (χ0) is 29.7. The second kappa shape index (κ2) is 10.8. The van der Waals surface area contributed by atoms with Crippen molar-refractivity contribution < 1.29 is 28.6 Å². The third kappa shape index (κ3) is 5.00. The first-order valence-electron chi connectivity index (χ1n) is 15.0. The van der Waals surface area contributed by atoms with Crippen LogP contribution < -0.4 is 4.43 Å². The molecule has 1 aromatic carbocycles. The third-order valence-electron chi connectivity index (χ3n) is 10.9. The number of rotatable bonds is 7. The second-order valence-corrected chi connectivity index (χ2v) is 18.6. The summed E-state index contributed by atoms with van der Waals surface area (Å²) in [7, 11) is -2.06. The van der Waals surface area contributed by atoms with Gasteiger partial charge in [0.25, 0.3) is 0 Å². The minimum Gasteiger partial charge on any atom is -0.543 e. The van der Waals surface area contributed by atoms with Crippen molar-refractivity contribution in [2.75, 3.05) is 13.2 Å². The molecule has 0 aromatic heterocycles. The van der Waals surface area contributed by atoms with E-state index in [2.05, 4.69) is 64.9 Å². The maximum absolute atomic E-state index is 13.4. The van der Waals surface area contributed by atoms with Gasteiger partial charge < -0.3 is 19.0 Å². The van der Waals surface area contributed by atoms with Gasteiger partial charge in [0.15, 0.2) is 5.92 Å². The fraction of sp³-hybridized carbons (Fsp3) is 0.697. The van der Waals surface area contributed by atoms with E-state index in [1.165, 1.54) is 5.56 Å². The first-order valence-corrected chi connectivity index (χ1v) is 17.9. The average molecular weight is 569 g/mol. The number of benzene rings is 1. The van der Waals surface area contributed by atoms with Gasteiger partial charge in [-0.15, -0.1) is 6.42 Å². The number of terminal acetylenes is 1. The molecule has 0 amide bonds. The van der Waals surface area contributed by atoms with E-state index in [4.69, 9.17) is 20.3 Å². The van der Waals surface area contributed by atoms with Crippen molar-refractivity contribution in [1.82, 2.24) is 0 Å². The smallest absolute Gasteiger partial charge is 0.320 e. The van der Waals surface area contributed by atoms with Crippen LogP contribution in [0.4, 0.5) is 0 Å². The zero-order valence-electron chi connectivity index (χ0n) is 25.6. The fourth-order valence-electron chi connectivity index (χ4n) is 7.68. The monoisotopic (exact) mass is 568 g/mol. The maximum atomic E-state index is 13.4. The van der Waals surface area contributed by atoms with E-state index in [0.717, 1.165) is 30.6 Å². The van der Waals surface area contributed by atoms with Crippen molar-refractivity contribution in [1.29, 1.82) is 0 Å². The number of carbonyl (C=O) groups excluding carboxylic acids is 2. The highest BCUT2D eigenvalue weighted by atomic mass is 28.4. The second-order valence-electron chi connectivity index (χ2n) is 13.9. The van der Waals surface area contributed by atoms with Gasteiger partial charge in [-0.2, -0.15) is 0 Å². The Bertz CT molecular complexity index is 1160. The summed E-state index contributed by atoms with van der Waals surface area (Å²) in [6.07, 6.45) is 9.35. The van der Waals surface area contributed by atoms with Gasteiger partial charge in [0.05, 0.1) is 13.2 Å². The molecule has 3 aliphatic carbocycles. The Hall–Kier alpha value is -2.30. The Morgan fingerprint density at radius 1 is 1.12 bits per heavy atom. The van der Waals surface area contributed by atoms with E-state index in [-0.39, 0.29) is 41.9 Å². The van der Waals surface area contributed by atoms with Crippen LogP contribution in [0.3, 0.4) is 0 Å². The summed E-state index contributed by atoms with van der Waals surface area (Å²) in [5.74, 6) is 1.34. The highest BCUT2D eigenvalue weighted by molar-refractivity contribution is 6.74. The van der Waals surface area contributed by atoms with Crippen LogP contribution in [0.1, 0.15) is 84.3 Å². The van der Waals surface area contributed by atoms with Crippen LogP contribution in [0.15, 0.2) is 18.2 Å². The van der Waals surface area contributed by atoms with Crippen molar-refractivity contribution in [3.63, 3.8) is 0 Å². The molecule has 4 rings (SSSR count).